The normalized spacial score (nSPS) is 14.4. The quantitative estimate of drug-likeness (QED) is 0.724. The summed E-state index contributed by atoms with van der Waals surface area (Å²) in [4.78, 5) is 16.5. The summed E-state index contributed by atoms with van der Waals surface area (Å²) in [6.45, 7) is 6.08. The average Bonchev–Trinajstić information content (AvgIpc) is 3.15. The molecule has 0 radical (unpaired) electrons. The van der Waals surface area contributed by atoms with Crippen LogP contribution >= 0.6 is 11.6 Å². The predicted molar refractivity (Wildman–Crippen MR) is 111 cm³/mol. The Kier molecular flexibility index (Phi) is 5.99. The highest BCUT2D eigenvalue weighted by atomic mass is 35.5. The van der Waals surface area contributed by atoms with Crippen LogP contribution in [0.5, 0.6) is 0 Å². The van der Waals surface area contributed by atoms with Crippen molar-refractivity contribution in [2.24, 2.45) is 10.4 Å². The van der Waals surface area contributed by atoms with E-state index in [4.69, 9.17) is 11.6 Å². The summed E-state index contributed by atoms with van der Waals surface area (Å²) in [6, 6.07) is 10.2. The number of carbonyl (C=O) groups excluding carboxylic acids is 1. The van der Waals surface area contributed by atoms with E-state index in [0.717, 1.165) is 17.7 Å². The molecule has 0 saturated carbocycles. The molecule has 2 aromatic rings. The molecule has 0 aliphatic carbocycles. The molecule has 160 valence electrons. The molecule has 1 amide bonds. The van der Waals surface area contributed by atoms with Gasteiger partial charge in [-0.05, 0) is 42.0 Å². The van der Waals surface area contributed by atoms with Gasteiger partial charge in [0, 0.05) is 17.5 Å². The molecule has 1 aliphatic rings. The molecule has 2 aromatic carbocycles. The second-order valence-corrected chi connectivity index (χ2v) is 8.39. The number of hydrazine groups is 1. The number of amidine groups is 1. The second-order valence-electron chi connectivity index (χ2n) is 7.98. The first-order chi connectivity index (χ1) is 13.9. The molecule has 0 spiro atoms. The highest BCUT2D eigenvalue weighted by Crippen LogP contribution is 2.31. The van der Waals surface area contributed by atoms with Crippen molar-refractivity contribution >= 4 is 29.0 Å². The van der Waals surface area contributed by atoms with Gasteiger partial charge in [-0.15, -0.1) is 0 Å². The number of rotatable bonds is 4. The summed E-state index contributed by atoms with van der Waals surface area (Å²) >= 11 is 6.32. The van der Waals surface area contributed by atoms with Crippen LogP contribution in [0.2, 0.25) is 5.02 Å². The molecule has 30 heavy (non-hydrogen) atoms. The van der Waals surface area contributed by atoms with Gasteiger partial charge in [0.05, 0.1) is 16.3 Å². The Hall–Kier alpha value is -2.74. The van der Waals surface area contributed by atoms with Crippen LogP contribution in [0.3, 0.4) is 0 Å². The molecule has 0 fully saturated rings. The lowest BCUT2D eigenvalue weighted by Gasteiger charge is -2.20. The number of amides is 1. The van der Waals surface area contributed by atoms with Crippen LogP contribution < -0.4 is 15.8 Å². The van der Waals surface area contributed by atoms with Gasteiger partial charge < -0.3 is 5.32 Å². The Labute approximate surface area is 177 Å². The Bertz CT molecular complexity index is 966. The number of anilines is 1. The number of carbonyl (C=O) groups is 1. The largest absolute Gasteiger partial charge is 0.416 e. The maximum atomic E-state index is 12.7. The van der Waals surface area contributed by atoms with E-state index in [9.17, 15) is 18.0 Å². The topological polar surface area (TPSA) is 56.7 Å². The summed E-state index contributed by atoms with van der Waals surface area (Å²) in [7, 11) is 0. The predicted octanol–water partition coefficient (Wildman–Crippen LogP) is 4.75. The molecule has 0 atom stereocenters. The van der Waals surface area contributed by atoms with Crippen LogP contribution in [-0.4, -0.2) is 18.4 Å². The van der Waals surface area contributed by atoms with Crippen molar-refractivity contribution in [2.75, 3.05) is 11.7 Å². The van der Waals surface area contributed by atoms with Gasteiger partial charge in [-0.25, -0.2) is 4.99 Å². The van der Waals surface area contributed by atoms with Crippen LogP contribution in [0, 0.1) is 5.41 Å². The molecule has 1 heterocycles. The molecular formula is C21H22ClF3N4O. The monoisotopic (exact) mass is 438 g/mol. The lowest BCUT2D eigenvalue weighted by molar-refractivity contribution is -0.137. The van der Waals surface area contributed by atoms with Crippen molar-refractivity contribution < 1.29 is 18.0 Å². The minimum Gasteiger partial charge on any atom is -0.352 e. The summed E-state index contributed by atoms with van der Waals surface area (Å²) < 4.78 is 38.2. The molecule has 0 aromatic heterocycles. The van der Waals surface area contributed by atoms with E-state index in [2.05, 4.69) is 15.7 Å². The molecule has 9 heteroatoms. The van der Waals surface area contributed by atoms with E-state index >= 15 is 0 Å². The van der Waals surface area contributed by atoms with Crippen LogP contribution in [0.25, 0.3) is 0 Å². The number of nitrogens with zero attached hydrogens (tertiary/aromatic N) is 2. The van der Waals surface area contributed by atoms with Crippen molar-refractivity contribution in [3.8, 4) is 0 Å². The summed E-state index contributed by atoms with van der Waals surface area (Å²) in [6.07, 6.45) is -4.38. The van der Waals surface area contributed by atoms with Gasteiger partial charge >= 0.3 is 6.18 Å². The van der Waals surface area contributed by atoms with E-state index in [-0.39, 0.29) is 12.6 Å². The average molecular weight is 439 g/mol. The number of hydrogen-bond acceptors (Lipinski definition) is 4. The maximum absolute atomic E-state index is 12.7. The van der Waals surface area contributed by atoms with E-state index < -0.39 is 17.2 Å². The molecular weight excluding hydrogens is 417 g/mol. The standard InChI is InChI=1S/C21H22ClF3N4O/c1-20(2,3)19(30)26-11-13-4-9-17(22)16(10-13)18-27-12-29(28-18)15-7-5-14(6-8-15)21(23,24)25/h4-10H,11-12H2,1-3H3,(H,26,30)(H,27,28). The number of nitrogens with one attached hydrogen (secondary N) is 2. The molecule has 1 aliphatic heterocycles. The highest BCUT2D eigenvalue weighted by Gasteiger charge is 2.30. The number of alkyl halides is 3. The molecule has 3 rings (SSSR count). The van der Waals surface area contributed by atoms with Crippen molar-refractivity contribution in [3.63, 3.8) is 0 Å². The smallest absolute Gasteiger partial charge is 0.352 e. The fourth-order valence-corrected chi connectivity index (χ4v) is 2.98. The molecule has 0 saturated heterocycles. The molecule has 0 unspecified atom stereocenters. The van der Waals surface area contributed by atoms with Gasteiger partial charge in [-0.1, -0.05) is 38.4 Å². The zero-order valence-corrected chi connectivity index (χ0v) is 17.5. The van der Waals surface area contributed by atoms with Gasteiger partial charge in [-0.2, -0.15) is 13.2 Å². The highest BCUT2D eigenvalue weighted by molar-refractivity contribution is 6.34. The van der Waals surface area contributed by atoms with Gasteiger partial charge in [0.15, 0.2) is 5.84 Å². The van der Waals surface area contributed by atoms with Crippen LogP contribution in [-0.2, 0) is 17.5 Å². The van der Waals surface area contributed by atoms with Crippen LogP contribution in [0.4, 0.5) is 18.9 Å². The lowest BCUT2D eigenvalue weighted by Crippen LogP contribution is -2.36. The summed E-state index contributed by atoms with van der Waals surface area (Å²) in [5, 5.41) is 4.98. The Balaban J connectivity index is 1.70. The van der Waals surface area contributed by atoms with Gasteiger partial charge in [-0.3, -0.25) is 15.2 Å². The number of hydrogen-bond donors (Lipinski definition) is 2. The third kappa shape index (κ3) is 5.05. The lowest BCUT2D eigenvalue weighted by atomic mass is 9.95. The maximum Gasteiger partial charge on any atom is 0.416 e. The van der Waals surface area contributed by atoms with Crippen molar-refractivity contribution in [1.82, 2.24) is 10.7 Å². The van der Waals surface area contributed by atoms with Crippen molar-refractivity contribution in [1.29, 1.82) is 0 Å². The van der Waals surface area contributed by atoms with E-state index in [0.29, 0.717) is 28.7 Å². The third-order valence-corrected chi connectivity index (χ3v) is 4.87. The van der Waals surface area contributed by atoms with Gasteiger partial charge in [0.25, 0.3) is 0 Å². The van der Waals surface area contributed by atoms with Gasteiger partial charge in [0.1, 0.15) is 6.67 Å². The van der Waals surface area contributed by atoms with Gasteiger partial charge in [0.2, 0.25) is 5.91 Å². The minimum atomic E-state index is -4.38. The van der Waals surface area contributed by atoms with Crippen LogP contribution in [0.15, 0.2) is 47.5 Å². The summed E-state index contributed by atoms with van der Waals surface area (Å²) in [5.41, 5.74) is 3.91. The fourth-order valence-electron chi connectivity index (χ4n) is 2.77. The zero-order valence-electron chi connectivity index (χ0n) is 16.8. The van der Waals surface area contributed by atoms with Crippen molar-refractivity contribution in [3.05, 3.63) is 64.2 Å². The van der Waals surface area contributed by atoms with E-state index in [1.165, 1.54) is 12.1 Å². The summed E-state index contributed by atoms with van der Waals surface area (Å²) in [5.74, 6) is 0.438. The zero-order chi connectivity index (χ0) is 22.1. The minimum absolute atomic E-state index is 0.0659. The number of benzene rings is 2. The van der Waals surface area contributed by atoms with E-state index in [1.54, 1.807) is 11.1 Å². The molecule has 0 bridgehead atoms. The number of halogens is 4. The van der Waals surface area contributed by atoms with E-state index in [1.807, 2.05) is 32.9 Å². The first-order valence-electron chi connectivity index (χ1n) is 9.28. The molecule has 5 nitrogen and oxygen atoms in total. The fraction of sp³-hybridized carbons (Fsp3) is 0.333. The number of aliphatic imine (C=N–C) groups is 1. The Morgan fingerprint density at radius 3 is 2.43 bits per heavy atom. The van der Waals surface area contributed by atoms with Crippen molar-refractivity contribution in [2.45, 2.75) is 33.5 Å². The molecule has 2 N–H and O–H groups in total. The Morgan fingerprint density at radius 2 is 1.83 bits per heavy atom. The second kappa shape index (κ2) is 8.18. The third-order valence-electron chi connectivity index (χ3n) is 4.54. The SMILES string of the molecule is CC(C)(C)C(=O)NCc1ccc(Cl)c(C2=NCN(c3ccc(C(F)(F)F)cc3)N2)c1. The van der Waals surface area contributed by atoms with Crippen LogP contribution in [0.1, 0.15) is 37.5 Å². The Morgan fingerprint density at radius 1 is 1.17 bits per heavy atom. The first kappa shape index (κ1) is 22.0. The first-order valence-corrected chi connectivity index (χ1v) is 9.66.